The second kappa shape index (κ2) is 5.36. The Labute approximate surface area is 103 Å². The molecule has 2 aliphatic heterocycles. The van der Waals surface area contributed by atoms with Gasteiger partial charge in [0.05, 0.1) is 12.2 Å². The molecule has 2 fully saturated rings. The Balaban J connectivity index is 1.85. The average Bonchev–Trinajstić information content (AvgIpc) is 2.62. The maximum absolute atomic E-state index is 12.0. The standard InChI is InChI=1S/C13H23NO3/c1-8-4-5-14-12(8)13(15)17-11-6-9(2)16-10(3)7-11/h8-12,14H,4-7H2,1-3H3. The monoisotopic (exact) mass is 241 g/mol. The van der Waals surface area contributed by atoms with Crippen LogP contribution in [0.2, 0.25) is 0 Å². The van der Waals surface area contributed by atoms with Crippen molar-refractivity contribution in [3.05, 3.63) is 0 Å². The van der Waals surface area contributed by atoms with E-state index >= 15 is 0 Å². The molecule has 2 aliphatic rings. The van der Waals surface area contributed by atoms with Gasteiger partial charge in [-0.3, -0.25) is 4.79 Å². The van der Waals surface area contributed by atoms with E-state index in [0.717, 1.165) is 25.8 Å². The van der Waals surface area contributed by atoms with E-state index in [2.05, 4.69) is 12.2 Å². The summed E-state index contributed by atoms with van der Waals surface area (Å²) in [6, 6.07) is -0.108. The fourth-order valence-electron chi connectivity index (χ4n) is 2.83. The molecule has 0 aliphatic carbocycles. The van der Waals surface area contributed by atoms with Crippen molar-refractivity contribution >= 4 is 5.97 Å². The number of carbonyl (C=O) groups is 1. The van der Waals surface area contributed by atoms with E-state index in [9.17, 15) is 4.79 Å². The number of hydrogen-bond acceptors (Lipinski definition) is 4. The highest BCUT2D eigenvalue weighted by Gasteiger charge is 2.34. The first kappa shape index (κ1) is 12.8. The lowest BCUT2D eigenvalue weighted by Gasteiger charge is -2.32. The van der Waals surface area contributed by atoms with Crippen LogP contribution in [0.25, 0.3) is 0 Å². The topological polar surface area (TPSA) is 47.6 Å². The van der Waals surface area contributed by atoms with Gasteiger partial charge in [-0.15, -0.1) is 0 Å². The Morgan fingerprint density at radius 1 is 1.24 bits per heavy atom. The van der Waals surface area contributed by atoms with Crippen LogP contribution in [0.5, 0.6) is 0 Å². The molecule has 4 atom stereocenters. The number of carbonyl (C=O) groups excluding carboxylic acids is 1. The molecule has 98 valence electrons. The van der Waals surface area contributed by atoms with Crippen molar-refractivity contribution in [2.75, 3.05) is 6.54 Å². The van der Waals surface area contributed by atoms with Crippen molar-refractivity contribution in [2.24, 2.45) is 5.92 Å². The molecule has 2 heterocycles. The predicted octanol–water partition coefficient (Wildman–Crippen LogP) is 1.48. The van der Waals surface area contributed by atoms with E-state index in [-0.39, 0.29) is 30.3 Å². The van der Waals surface area contributed by atoms with Crippen LogP contribution in [0.4, 0.5) is 0 Å². The van der Waals surface area contributed by atoms with Gasteiger partial charge in [-0.05, 0) is 32.7 Å². The molecule has 2 rings (SSSR count). The van der Waals surface area contributed by atoms with Gasteiger partial charge in [-0.25, -0.2) is 0 Å². The molecule has 0 aromatic heterocycles. The quantitative estimate of drug-likeness (QED) is 0.744. The van der Waals surface area contributed by atoms with Crippen molar-refractivity contribution in [1.82, 2.24) is 5.32 Å². The number of nitrogens with one attached hydrogen (secondary N) is 1. The Bertz CT molecular complexity index is 272. The van der Waals surface area contributed by atoms with Crippen molar-refractivity contribution in [1.29, 1.82) is 0 Å². The molecule has 0 aromatic rings. The summed E-state index contributed by atoms with van der Waals surface area (Å²) < 4.78 is 11.2. The molecule has 0 amide bonds. The predicted molar refractivity (Wildman–Crippen MR) is 64.7 cm³/mol. The van der Waals surface area contributed by atoms with Crippen LogP contribution < -0.4 is 5.32 Å². The van der Waals surface area contributed by atoms with Gasteiger partial charge in [0.25, 0.3) is 0 Å². The normalized spacial score (nSPS) is 42.4. The van der Waals surface area contributed by atoms with Gasteiger partial charge in [0, 0.05) is 12.8 Å². The Kier molecular flexibility index (Phi) is 4.05. The zero-order chi connectivity index (χ0) is 12.4. The number of hydrogen-bond donors (Lipinski definition) is 1. The molecule has 4 nitrogen and oxygen atoms in total. The first-order valence-electron chi connectivity index (χ1n) is 6.65. The molecule has 0 radical (unpaired) electrons. The molecule has 0 bridgehead atoms. The van der Waals surface area contributed by atoms with E-state index in [0.29, 0.717) is 5.92 Å². The maximum atomic E-state index is 12.0. The van der Waals surface area contributed by atoms with Gasteiger partial charge in [0.15, 0.2) is 0 Å². The van der Waals surface area contributed by atoms with E-state index < -0.39 is 0 Å². The zero-order valence-electron chi connectivity index (χ0n) is 10.9. The van der Waals surface area contributed by atoms with Crippen LogP contribution >= 0.6 is 0 Å². The molecular formula is C13H23NO3. The summed E-state index contributed by atoms with van der Waals surface area (Å²) in [6.45, 7) is 7.09. The smallest absolute Gasteiger partial charge is 0.323 e. The third-order valence-electron chi connectivity index (χ3n) is 3.72. The SMILES string of the molecule is CC1CC(OC(=O)C2NCCC2C)CC(C)O1. The minimum absolute atomic E-state index is 0.0239. The molecule has 2 saturated heterocycles. The zero-order valence-corrected chi connectivity index (χ0v) is 10.9. The lowest BCUT2D eigenvalue weighted by atomic mass is 10.0. The summed E-state index contributed by atoms with van der Waals surface area (Å²) in [7, 11) is 0. The Morgan fingerprint density at radius 3 is 2.41 bits per heavy atom. The highest BCUT2D eigenvalue weighted by atomic mass is 16.6. The third-order valence-corrected chi connectivity index (χ3v) is 3.72. The first-order chi connectivity index (χ1) is 8.06. The Hall–Kier alpha value is -0.610. The molecule has 4 unspecified atom stereocenters. The summed E-state index contributed by atoms with van der Waals surface area (Å²) in [5.74, 6) is 0.304. The molecular weight excluding hydrogens is 218 g/mol. The summed E-state index contributed by atoms with van der Waals surface area (Å²) in [4.78, 5) is 12.0. The lowest BCUT2D eigenvalue weighted by molar-refractivity contribution is -0.162. The summed E-state index contributed by atoms with van der Waals surface area (Å²) in [5.41, 5.74) is 0. The number of ether oxygens (including phenoxy) is 2. The van der Waals surface area contributed by atoms with Gasteiger partial charge in [-0.1, -0.05) is 6.92 Å². The van der Waals surface area contributed by atoms with Crippen molar-refractivity contribution < 1.29 is 14.3 Å². The van der Waals surface area contributed by atoms with Crippen LogP contribution in [0, 0.1) is 5.92 Å². The number of rotatable bonds is 2. The molecule has 1 N–H and O–H groups in total. The van der Waals surface area contributed by atoms with Gasteiger partial charge in [-0.2, -0.15) is 0 Å². The molecule has 0 saturated carbocycles. The van der Waals surface area contributed by atoms with Crippen LogP contribution in [-0.2, 0) is 14.3 Å². The minimum Gasteiger partial charge on any atom is -0.461 e. The largest absolute Gasteiger partial charge is 0.461 e. The molecule has 0 spiro atoms. The summed E-state index contributed by atoms with van der Waals surface area (Å²) >= 11 is 0. The maximum Gasteiger partial charge on any atom is 0.323 e. The van der Waals surface area contributed by atoms with Gasteiger partial charge in [0.1, 0.15) is 12.1 Å². The summed E-state index contributed by atoms with van der Waals surface area (Å²) in [6.07, 6.45) is 3.08. The van der Waals surface area contributed by atoms with Crippen LogP contribution in [0.15, 0.2) is 0 Å². The second-order valence-corrected chi connectivity index (χ2v) is 5.49. The van der Waals surface area contributed by atoms with E-state index in [4.69, 9.17) is 9.47 Å². The van der Waals surface area contributed by atoms with Gasteiger partial charge >= 0.3 is 5.97 Å². The number of esters is 1. The van der Waals surface area contributed by atoms with E-state index in [1.165, 1.54) is 0 Å². The van der Waals surface area contributed by atoms with Crippen molar-refractivity contribution in [2.45, 2.75) is 64.4 Å². The highest BCUT2D eigenvalue weighted by Crippen LogP contribution is 2.23. The van der Waals surface area contributed by atoms with Crippen LogP contribution in [0.3, 0.4) is 0 Å². The van der Waals surface area contributed by atoms with Gasteiger partial charge < -0.3 is 14.8 Å². The minimum atomic E-state index is -0.108. The van der Waals surface area contributed by atoms with Gasteiger partial charge in [0.2, 0.25) is 0 Å². The van der Waals surface area contributed by atoms with E-state index in [1.807, 2.05) is 13.8 Å². The van der Waals surface area contributed by atoms with Crippen LogP contribution in [0.1, 0.15) is 40.0 Å². The molecule has 0 aromatic carbocycles. The Morgan fingerprint density at radius 2 is 1.88 bits per heavy atom. The molecule has 4 heteroatoms. The van der Waals surface area contributed by atoms with Crippen LogP contribution in [-0.4, -0.2) is 36.9 Å². The average molecular weight is 241 g/mol. The first-order valence-corrected chi connectivity index (χ1v) is 6.65. The van der Waals surface area contributed by atoms with Crippen molar-refractivity contribution in [3.63, 3.8) is 0 Å². The fraction of sp³-hybridized carbons (Fsp3) is 0.923. The highest BCUT2D eigenvalue weighted by molar-refractivity contribution is 5.76. The third kappa shape index (κ3) is 3.19. The molecule has 17 heavy (non-hydrogen) atoms. The second-order valence-electron chi connectivity index (χ2n) is 5.49. The lowest BCUT2D eigenvalue weighted by Crippen LogP contribution is -2.41. The van der Waals surface area contributed by atoms with E-state index in [1.54, 1.807) is 0 Å². The fourth-order valence-corrected chi connectivity index (χ4v) is 2.83. The van der Waals surface area contributed by atoms with Crippen molar-refractivity contribution in [3.8, 4) is 0 Å². The summed E-state index contributed by atoms with van der Waals surface area (Å²) in [5, 5.41) is 3.21.